The number of aromatic nitrogens is 2. The average molecular weight is 422 g/mol. The predicted molar refractivity (Wildman–Crippen MR) is 113 cm³/mol. The summed E-state index contributed by atoms with van der Waals surface area (Å²) in [6.07, 6.45) is 5.77. The third-order valence-electron chi connectivity index (χ3n) is 5.36. The van der Waals surface area contributed by atoms with Gasteiger partial charge in [-0.1, -0.05) is 13.0 Å². The van der Waals surface area contributed by atoms with E-state index in [9.17, 15) is 4.79 Å². The first kappa shape index (κ1) is 20.9. The zero-order valence-corrected chi connectivity index (χ0v) is 17.7. The fourth-order valence-electron chi connectivity index (χ4n) is 3.33. The molecule has 3 aromatic rings. The van der Waals surface area contributed by atoms with Crippen LogP contribution in [0.3, 0.4) is 0 Å². The van der Waals surface area contributed by atoms with Gasteiger partial charge >= 0.3 is 0 Å². The van der Waals surface area contributed by atoms with Gasteiger partial charge in [0.15, 0.2) is 17.2 Å². The van der Waals surface area contributed by atoms with Gasteiger partial charge < -0.3 is 19.2 Å². The Morgan fingerprint density at radius 3 is 2.74 bits per heavy atom. The van der Waals surface area contributed by atoms with Gasteiger partial charge in [-0.3, -0.25) is 14.7 Å². The van der Waals surface area contributed by atoms with Crippen molar-refractivity contribution in [1.29, 1.82) is 0 Å². The van der Waals surface area contributed by atoms with E-state index in [1.807, 2.05) is 30.3 Å². The van der Waals surface area contributed by atoms with Crippen LogP contribution >= 0.6 is 0 Å². The van der Waals surface area contributed by atoms with E-state index in [-0.39, 0.29) is 18.4 Å². The van der Waals surface area contributed by atoms with E-state index in [2.05, 4.69) is 34.0 Å². The van der Waals surface area contributed by atoms with Crippen molar-refractivity contribution in [3.8, 4) is 11.5 Å². The number of hydrogen-bond donors (Lipinski definition) is 1. The maximum Gasteiger partial charge on any atom is 0.273 e. The average Bonchev–Trinajstić information content (AvgIpc) is 3.46. The molecular formula is C23H26N4O4. The van der Waals surface area contributed by atoms with Gasteiger partial charge in [0.1, 0.15) is 6.26 Å². The molecule has 2 aromatic heterocycles. The summed E-state index contributed by atoms with van der Waals surface area (Å²) in [7, 11) is 0. The van der Waals surface area contributed by atoms with Crippen molar-refractivity contribution >= 4 is 5.91 Å². The van der Waals surface area contributed by atoms with E-state index in [0.717, 1.165) is 29.0 Å². The monoisotopic (exact) mass is 422 g/mol. The second kappa shape index (κ2) is 9.61. The van der Waals surface area contributed by atoms with Crippen LogP contribution in [-0.4, -0.2) is 33.6 Å². The number of nitrogens with one attached hydrogen (secondary N) is 1. The quantitative estimate of drug-likeness (QED) is 0.564. The van der Waals surface area contributed by atoms with Gasteiger partial charge in [0.05, 0.1) is 6.54 Å². The van der Waals surface area contributed by atoms with Crippen LogP contribution in [0, 0.1) is 0 Å². The lowest BCUT2D eigenvalue weighted by Gasteiger charge is -2.27. The molecule has 0 unspecified atom stereocenters. The first-order chi connectivity index (χ1) is 15.1. The highest BCUT2D eigenvalue weighted by Crippen LogP contribution is 2.33. The molecular weight excluding hydrogens is 396 g/mol. The fraction of sp³-hybridized carbons (Fsp3) is 0.348. The van der Waals surface area contributed by atoms with Crippen molar-refractivity contribution < 1.29 is 18.7 Å². The summed E-state index contributed by atoms with van der Waals surface area (Å²) in [6.45, 7) is 6.19. The molecule has 0 aliphatic carbocycles. The number of pyridine rings is 1. The van der Waals surface area contributed by atoms with Gasteiger partial charge in [0, 0.05) is 31.5 Å². The molecule has 0 fully saturated rings. The van der Waals surface area contributed by atoms with E-state index in [0.29, 0.717) is 31.6 Å². The maximum absolute atomic E-state index is 12.4. The summed E-state index contributed by atoms with van der Waals surface area (Å²) in [4.78, 5) is 23.1. The van der Waals surface area contributed by atoms with Gasteiger partial charge in [-0.25, -0.2) is 4.98 Å². The summed E-state index contributed by atoms with van der Waals surface area (Å²) < 4.78 is 16.5. The third-order valence-corrected chi connectivity index (χ3v) is 5.36. The standard InChI is InChI=1S/C23H26N4O4/c1-3-16(2)27(12-18-4-5-20-21(10-18)31-15-30-20)13-22-26-19(14-29-22)23(28)25-11-17-6-8-24-9-7-17/h4-10,14,16H,3,11-13,15H2,1-2H3,(H,25,28)/t16-/m1/s1. The maximum atomic E-state index is 12.4. The van der Waals surface area contributed by atoms with E-state index >= 15 is 0 Å². The van der Waals surface area contributed by atoms with Gasteiger partial charge in [-0.15, -0.1) is 0 Å². The SMILES string of the molecule is CC[C@@H](C)N(Cc1ccc2c(c1)OCO2)Cc1nc(C(=O)NCc2ccncc2)co1. The minimum Gasteiger partial charge on any atom is -0.454 e. The Balaban J connectivity index is 1.39. The second-order valence-electron chi connectivity index (χ2n) is 7.51. The Labute approximate surface area is 181 Å². The topological polar surface area (TPSA) is 89.7 Å². The Morgan fingerprint density at radius 1 is 1.13 bits per heavy atom. The van der Waals surface area contributed by atoms with E-state index in [1.54, 1.807) is 12.4 Å². The van der Waals surface area contributed by atoms with Crippen LogP contribution in [0.15, 0.2) is 53.4 Å². The van der Waals surface area contributed by atoms with Crippen LogP contribution in [-0.2, 0) is 19.6 Å². The highest BCUT2D eigenvalue weighted by atomic mass is 16.7. The molecule has 31 heavy (non-hydrogen) atoms. The van der Waals surface area contributed by atoms with E-state index in [1.165, 1.54) is 6.26 Å². The van der Waals surface area contributed by atoms with Gasteiger partial charge in [-0.2, -0.15) is 0 Å². The molecule has 8 nitrogen and oxygen atoms in total. The first-order valence-electron chi connectivity index (χ1n) is 10.4. The number of rotatable bonds is 9. The fourth-order valence-corrected chi connectivity index (χ4v) is 3.33. The van der Waals surface area contributed by atoms with Crippen LogP contribution in [0.1, 0.15) is 47.8 Å². The molecule has 1 N–H and O–H groups in total. The lowest BCUT2D eigenvalue weighted by atomic mass is 10.1. The van der Waals surface area contributed by atoms with Crippen molar-refractivity contribution in [3.63, 3.8) is 0 Å². The van der Waals surface area contributed by atoms with Gasteiger partial charge in [0.25, 0.3) is 5.91 Å². The highest BCUT2D eigenvalue weighted by molar-refractivity contribution is 5.91. The number of benzene rings is 1. The number of amides is 1. The number of fused-ring (bicyclic) bond motifs is 1. The van der Waals surface area contributed by atoms with Crippen LogP contribution in [0.4, 0.5) is 0 Å². The number of carbonyl (C=O) groups is 1. The first-order valence-corrected chi connectivity index (χ1v) is 10.4. The molecule has 1 atom stereocenters. The number of oxazole rings is 1. The van der Waals surface area contributed by atoms with Gasteiger partial charge in [0.2, 0.25) is 12.7 Å². The molecule has 0 saturated carbocycles. The Morgan fingerprint density at radius 2 is 1.94 bits per heavy atom. The Hall–Kier alpha value is -3.39. The normalized spacial score (nSPS) is 13.4. The van der Waals surface area contributed by atoms with Crippen molar-refractivity contribution in [1.82, 2.24) is 20.2 Å². The molecule has 0 spiro atoms. The van der Waals surface area contributed by atoms with Crippen LogP contribution in [0.5, 0.6) is 11.5 Å². The van der Waals surface area contributed by atoms with Crippen molar-refractivity contribution in [2.75, 3.05) is 6.79 Å². The lowest BCUT2D eigenvalue weighted by molar-refractivity contribution is 0.0945. The molecule has 8 heteroatoms. The molecule has 162 valence electrons. The summed E-state index contributed by atoms with van der Waals surface area (Å²) in [6, 6.07) is 10.00. The predicted octanol–water partition coefficient (Wildman–Crippen LogP) is 3.53. The van der Waals surface area contributed by atoms with Crippen LogP contribution in [0.2, 0.25) is 0 Å². The Bertz CT molecular complexity index is 1020. The molecule has 4 rings (SSSR count). The molecule has 0 bridgehead atoms. The largest absolute Gasteiger partial charge is 0.454 e. The zero-order valence-electron chi connectivity index (χ0n) is 17.7. The number of nitrogens with zero attached hydrogens (tertiary/aromatic N) is 3. The molecule has 0 radical (unpaired) electrons. The minimum atomic E-state index is -0.266. The molecule has 1 aliphatic heterocycles. The number of ether oxygens (including phenoxy) is 2. The lowest BCUT2D eigenvalue weighted by Crippen LogP contribution is -2.31. The van der Waals surface area contributed by atoms with Crippen LogP contribution < -0.4 is 14.8 Å². The van der Waals surface area contributed by atoms with Crippen molar-refractivity contribution in [2.24, 2.45) is 0 Å². The second-order valence-corrected chi connectivity index (χ2v) is 7.51. The summed E-state index contributed by atoms with van der Waals surface area (Å²) >= 11 is 0. The molecule has 1 aliphatic rings. The van der Waals surface area contributed by atoms with Crippen molar-refractivity contribution in [3.05, 3.63) is 71.7 Å². The highest BCUT2D eigenvalue weighted by Gasteiger charge is 2.20. The van der Waals surface area contributed by atoms with E-state index < -0.39 is 0 Å². The zero-order chi connectivity index (χ0) is 21.6. The summed E-state index contributed by atoms with van der Waals surface area (Å²) in [5.74, 6) is 1.78. The van der Waals surface area contributed by atoms with Crippen molar-refractivity contribution in [2.45, 2.75) is 45.9 Å². The Kier molecular flexibility index (Phi) is 6.47. The van der Waals surface area contributed by atoms with E-state index in [4.69, 9.17) is 13.9 Å². The summed E-state index contributed by atoms with van der Waals surface area (Å²) in [5.41, 5.74) is 2.36. The van der Waals surface area contributed by atoms with Gasteiger partial charge in [-0.05, 0) is 48.7 Å². The molecule has 0 saturated heterocycles. The number of hydrogen-bond acceptors (Lipinski definition) is 7. The smallest absolute Gasteiger partial charge is 0.273 e. The molecule has 1 amide bonds. The third kappa shape index (κ3) is 5.21. The minimum absolute atomic E-state index is 0.260. The van der Waals surface area contributed by atoms with Crippen LogP contribution in [0.25, 0.3) is 0 Å². The number of carbonyl (C=O) groups excluding carboxylic acids is 1. The molecule has 1 aromatic carbocycles. The summed E-state index contributed by atoms with van der Waals surface area (Å²) in [5, 5.41) is 2.85. The molecule has 3 heterocycles.